The highest BCUT2D eigenvalue weighted by Gasteiger charge is 2.09. The van der Waals surface area contributed by atoms with Gasteiger partial charge in [-0.2, -0.15) is 0 Å². The number of esters is 1. The van der Waals surface area contributed by atoms with Crippen LogP contribution in [0.15, 0.2) is 36.5 Å². The van der Waals surface area contributed by atoms with Gasteiger partial charge >= 0.3 is 5.97 Å². The number of aromatic nitrogens is 3. The Labute approximate surface area is 121 Å². The molecule has 1 aromatic carbocycles. The molecule has 0 saturated carbocycles. The number of benzene rings is 1. The van der Waals surface area contributed by atoms with Crippen LogP contribution in [0, 0.1) is 0 Å². The Balaban J connectivity index is 2.06. The number of rotatable bonds is 3. The molecule has 0 aliphatic carbocycles. The molecule has 3 rings (SSSR count). The largest absolute Gasteiger partial charge is 0.465 e. The predicted octanol–water partition coefficient (Wildman–Crippen LogP) is 2.45. The molecule has 0 aliphatic rings. The van der Waals surface area contributed by atoms with Crippen LogP contribution in [0.1, 0.15) is 10.4 Å². The summed E-state index contributed by atoms with van der Waals surface area (Å²) in [7, 11) is 3.14. The van der Waals surface area contributed by atoms with E-state index in [-0.39, 0.29) is 5.97 Å². The fourth-order valence-corrected chi connectivity index (χ4v) is 2.14. The molecule has 0 atom stereocenters. The lowest BCUT2D eigenvalue weighted by Gasteiger charge is -2.00. The third-order valence-corrected chi connectivity index (χ3v) is 3.20. The third kappa shape index (κ3) is 2.43. The molecule has 0 spiro atoms. The summed E-state index contributed by atoms with van der Waals surface area (Å²) in [5, 5.41) is 3.83. The number of carbonyl (C=O) groups excluding carboxylic acids is 1. The molecule has 0 radical (unpaired) electrons. The predicted molar refractivity (Wildman–Crippen MR) is 80.2 cm³/mol. The Bertz CT molecular complexity index is 810. The van der Waals surface area contributed by atoms with E-state index in [0.717, 1.165) is 22.3 Å². The molecule has 0 bridgehead atoms. The maximum atomic E-state index is 11.6. The average Bonchev–Trinajstić information content (AvgIpc) is 2.97. The van der Waals surface area contributed by atoms with Crippen LogP contribution in [0.5, 0.6) is 0 Å². The van der Waals surface area contributed by atoms with Crippen molar-refractivity contribution in [3.63, 3.8) is 0 Å². The van der Waals surface area contributed by atoms with Crippen LogP contribution in [-0.2, 0) is 4.74 Å². The van der Waals surface area contributed by atoms with E-state index >= 15 is 0 Å². The quantitative estimate of drug-likeness (QED) is 0.721. The zero-order chi connectivity index (χ0) is 14.8. The van der Waals surface area contributed by atoms with Crippen LogP contribution in [0.3, 0.4) is 0 Å². The van der Waals surface area contributed by atoms with Crippen LogP contribution in [0.25, 0.3) is 22.3 Å². The second-order valence-corrected chi connectivity index (χ2v) is 4.49. The number of anilines is 1. The van der Waals surface area contributed by atoms with Gasteiger partial charge in [0.25, 0.3) is 0 Å². The van der Waals surface area contributed by atoms with Crippen LogP contribution in [0.4, 0.5) is 5.95 Å². The molecule has 2 N–H and O–H groups in total. The molecule has 106 valence electrons. The molecule has 0 unspecified atom stereocenters. The number of hydrogen-bond donors (Lipinski definition) is 2. The van der Waals surface area contributed by atoms with Gasteiger partial charge < -0.3 is 15.0 Å². The minimum absolute atomic E-state index is 0.348. The van der Waals surface area contributed by atoms with E-state index in [0.29, 0.717) is 11.5 Å². The van der Waals surface area contributed by atoms with E-state index in [9.17, 15) is 4.79 Å². The van der Waals surface area contributed by atoms with Crippen LogP contribution < -0.4 is 5.32 Å². The van der Waals surface area contributed by atoms with Crippen molar-refractivity contribution in [3.8, 4) is 11.4 Å². The lowest BCUT2D eigenvalue weighted by molar-refractivity contribution is 0.0601. The summed E-state index contributed by atoms with van der Waals surface area (Å²) in [5.74, 6) is 0.209. The summed E-state index contributed by atoms with van der Waals surface area (Å²) in [6, 6.07) is 9.15. The smallest absolute Gasteiger partial charge is 0.337 e. The monoisotopic (exact) mass is 282 g/mol. The molecular formula is C15H14N4O2. The van der Waals surface area contributed by atoms with Gasteiger partial charge in [0, 0.05) is 24.1 Å². The molecule has 0 saturated heterocycles. The second-order valence-electron chi connectivity index (χ2n) is 4.49. The number of H-pyrrole nitrogens is 1. The van der Waals surface area contributed by atoms with Gasteiger partial charge in [-0.05, 0) is 30.3 Å². The summed E-state index contributed by atoms with van der Waals surface area (Å²) >= 11 is 0. The topological polar surface area (TPSA) is 79.9 Å². The number of ether oxygens (including phenoxy) is 1. The van der Waals surface area contributed by atoms with Gasteiger partial charge in [-0.25, -0.2) is 14.8 Å². The average molecular weight is 282 g/mol. The van der Waals surface area contributed by atoms with Crippen LogP contribution in [-0.4, -0.2) is 35.1 Å². The van der Waals surface area contributed by atoms with Crippen molar-refractivity contribution >= 4 is 22.8 Å². The van der Waals surface area contributed by atoms with Gasteiger partial charge in [0.1, 0.15) is 0 Å². The van der Waals surface area contributed by atoms with Gasteiger partial charge in [-0.1, -0.05) is 0 Å². The van der Waals surface area contributed by atoms with E-state index in [1.807, 2.05) is 18.2 Å². The molecule has 3 aromatic rings. The lowest BCUT2D eigenvalue weighted by atomic mass is 10.1. The van der Waals surface area contributed by atoms with Crippen molar-refractivity contribution in [3.05, 3.63) is 42.1 Å². The first kappa shape index (κ1) is 13.1. The zero-order valence-corrected chi connectivity index (χ0v) is 11.7. The third-order valence-electron chi connectivity index (χ3n) is 3.20. The Morgan fingerprint density at radius 2 is 2.14 bits per heavy atom. The molecule has 6 heteroatoms. The van der Waals surface area contributed by atoms with Crippen molar-refractivity contribution in [2.24, 2.45) is 0 Å². The minimum atomic E-state index is -0.348. The van der Waals surface area contributed by atoms with Gasteiger partial charge in [-0.15, -0.1) is 0 Å². The summed E-state index contributed by atoms with van der Waals surface area (Å²) in [6.07, 6.45) is 1.69. The number of hydrogen-bond acceptors (Lipinski definition) is 5. The first-order valence-corrected chi connectivity index (χ1v) is 6.43. The number of methoxy groups -OCH3 is 1. The SMILES string of the molecule is CNc1nccc(-c2cc3cc(C(=O)OC)ccc3[nH]2)n1. The van der Waals surface area contributed by atoms with Crippen molar-refractivity contribution in [2.75, 3.05) is 19.5 Å². The summed E-state index contributed by atoms with van der Waals surface area (Å²) in [4.78, 5) is 23.3. The fourth-order valence-electron chi connectivity index (χ4n) is 2.14. The lowest BCUT2D eigenvalue weighted by Crippen LogP contribution is -2.00. The minimum Gasteiger partial charge on any atom is -0.465 e. The van der Waals surface area contributed by atoms with E-state index in [2.05, 4.69) is 20.3 Å². The van der Waals surface area contributed by atoms with Gasteiger partial charge in [0.15, 0.2) is 0 Å². The Morgan fingerprint density at radius 1 is 1.29 bits per heavy atom. The number of nitrogens with zero attached hydrogens (tertiary/aromatic N) is 2. The van der Waals surface area contributed by atoms with Gasteiger partial charge in [0.05, 0.1) is 24.1 Å². The second kappa shape index (κ2) is 5.24. The van der Waals surface area contributed by atoms with E-state index < -0.39 is 0 Å². The molecule has 0 amide bonds. The molecule has 2 heterocycles. The maximum Gasteiger partial charge on any atom is 0.337 e. The van der Waals surface area contributed by atoms with Crippen molar-refractivity contribution < 1.29 is 9.53 Å². The summed E-state index contributed by atoms with van der Waals surface area (Å²) < 4.78 is 4.73. The first-order chi connectivity index (χ1) is 10.2. The molecule has 0 aliphatic heterocycles. The van der Waals surface area contributed by atoms with E-state index in [4.69, 9.17) is 4.74 Å². The number of carbonyl (C=O) groups is 1. The first-order valence-electron chi connectivity index (χ1n) is 6.43. The molecule has 21 heavy (non-hydrogen) atoms. The normalized spacial score (nSPS) is 10.6. The molecule has 2 aromatic heterocycles. The van der Waals surface area contributed by atoms with Gasteiger partial charge in [0.2, 0.25) is 5.95 Å². The molecule has 6 nitrogen and oxygen atoms in total. The number of fused-ring (bicyclic) bond motifs is 1. The number of aromatic amines is 1. The van der Waals surface area contributed by atoms with E-state index in [1.165, 1.54) is 7.11 Å². The van der Waals surface area contributed by atoms with Crippen LogP contribution in [0.2, 0.25) is 0 Å². The molecular weight excluding hydrogens is 268 g/mol. The zero-order valence-electron chi connectivity index (χ0n) is 11.7. The highest BCUT2D eigenvalue weighted by Crippen LogP contribution is 2.24. The summed E-state index contributed by atoms with van der Waals surface area (Å²) in [5.41, 5.74) is 3.10. The Hall–Kier alpha value is -2.89. The highest BCUT2D eigenvalue weighted by atomic mass is 16.5. The van der Waals surface area contributed by atoms with Crippen molar-refractivity contribution in [2.45, 2.75) is 0 Å². The van der Waals surface area contributed by atoms with Crippen LogP contribution >= 0.6 is 0 Å². The standard InChI is InChI=1S/C15H14N4O2/c1-16-15-17-6-5-12(19-15)13-8-10-7-9(14(20)21-2)3-4-11(10)18-13/h3-8,18H,1-2H3,(H,16,17,19). The maximum absolute atomic E-state index is 11.6. The molecule has 0 fully saturated rings. The highest BCUT2D eigenvalue weighted by molar-refractivity contribution is 5.95. The Morgan fingerprint density at radius 3 is 2.90 bits per heavy atom. The van der Waals surface area contributed by atoms with E-state index in [1.54, 1.807) is 25.4 Å². The number of nitrogens with one attached hydrogen (secondary N) is 2. The van der Waals surface area contributed by atoms with Crippen molar-refractivity contribution in [1.29, 1.82) is 0 Å². The summed E-state index contributed by atoms with van der Waals surface area (Å²) in [6.45, 7) is 0. The van der Waals surface area contributed by atoms with Gasteiger partial charge in [-0.3, -0.25) is 0 Å². The fraction of sp³-hybridized carbons (Fsp3) is 0.133. The van der Waals surface area contributed by atoms with Crippen molar-refractivity contribution in [1.82, 2.24) is 15.0 Å². The Kier molecular flexibility index (Phi) is 3.27.